The Morgan fingerprint density at radius 1 is 1.40 bits per heavy atom. The van der Waals surface area contributed by atoms with Crippen LogP contribution in [0.25, 0.3) is 0 Å². The predicted molar refractivity (Wildman–Crippen MR) is 53.6 cm³/mol. The van der Waals surface area contributed by atoms with Gasteiger partial charge in [0, 0.05) is 12.2 Å². The van der Waals surface area contributed by atoms with Crippen LogP contribution in [0.5, 0.6) is 0 Å². The second-order valence-corrected chi connectivity index (χ2v) is 8.68. The van der Waals surface area contributed by atoms with Gasteiger partial charge in [-0.2, -0.15) is 0 Å². The molecule has 0 fully saturated rings. The summed E-state index contributed by atoms with van der Waals surface area (Å²) in [5, 5.41) is 6.31. The highest BCUT2D eigenvalue weighted by molar-refractivity contribution is 9.39. The van der Waals surface area contributed by atoms with Gasteiger partial charge in [-0.15, -0.1) is 0 Å². The van der Waals surface area contributed by atoms with Crippen LogP contribution in [-0.2, 0) is 0 Å². The van der Waals surface area contributed by atoms with Gasteiger partial charge in [-0.3, -0.25) is 5.32 Å². The lowest BCUT2D eigenvalue weighted by Crippen LogP contribution is -2.37. The molecular formula is C5H7Br3N2. The fraction of sp³-hybridized carbons (Fsp3) is 0.600. The average Bonchev–Trinajstić information content (AvgIpc) is 1.88. The number of hydrogen-bond acceptors (Lipinski definition) is 2. The number of halogens is 3. The lowest BCUT2D eigenvalue weighted by atomic mass is 10.4. The van der Waals surface area contributed by atoms with Crippen molar-refractivity contribution in [1.82, 2.24) is 10.6 Å². The molecule has 0 aromatic heterocycles. The van der Waals surface area contributed by atoms with Crippen LogP contribution >= 0.6 is 47.8 Å². The van der Waals surface area contributed by atoms with Crippen molar-refractivity contribution >= 4 is 47.8 Å². The predicted octanol–water partition coefficient (Wildman–Crippen LogP) is 1.86. The first kappa shape index (κ1) is 9.03. The summed E-state index contributed by atoms with van der Waals surface area (Å²) in [5.41, 5.74) is 1.10. The SMILES string of the molecule is BrC(Br)(Br)C1=CCNCN1. The van der Waals surface area contributed by atoms with E-state index in [0.29, 0.717) is 0 Å². The van der Waals surface area contributed by atoms with E-state index in [1.165, 1.54) is 0 Å². The Bertz CT molecular complexity index is 149. The van der Waals surface area contributed by atoms with E-state index < -0.39 is 0 Å². The zero-order valence-corrected chi connectivity index (χ0v) is 9.88. The minimum atomic E-state index is -0.283. The Kier molecular flexibility index (Phi) is 3.21. The van der Waals surface area contributed by atoms with Crippen LogP contribution < -0.4 is 10.6 Å². The third-order valence-corrected chi connectivity index (χ3v) is 2.44. The first-order chi connectivity index (χ1) is 4.61. The number of hydrogen-bond donors (Lipinski definition) is 2. The molecule has 0 aromatic carbocycles. The average molecular weight is 335 g/mol. The van der Waals surface area contributed by atoms with E-state index in [1.807, 2.05) is 0 Å². The van der Waals surface area contributed by atoms with E-state index in [-0.39, 0.29) is 2.14 Å². The van der Waals surface area contributed by atoms with Crippen molar-refractivity contribution in [3.63, 3.8) is 0 Å². The Balaban J connectivity index is 2.62. The molecule has 0 saturated carbocycles. The van der Waals surface area contributed by atoms with E-state index >= 15 is 0 Å². The van der Waals surface area contributed by atoms with Gasteiger partial charge in [-0.05, 0) is 6.08 Å². The van der Waals surface area contributed by atoms with Crippen molar-refractivity contribution in [2.75, 3.05) is 13.2 Å². The maximum atomic E-state index is 3.41. The summed E-state index contributed by atoms with van der Waals surface area (Å²) in [6.45, 7) is 1.73. The molecule has 1 heterocycles. The van der Waals surface area contributed by atoms with Crippen LogP contribution in [0, 0.1) is 0 Å². The summed E-state index contributed by atoms with van der Waals surface area (Å²) < 4.78 is -0.283. The summed E-state index contributed by atoms with van der Waals surface area (Å²) in [7, 11) is 0. The maximum absolute atomic E-state index is 3.41. The number of allylic oxidation sites excluding steroid dienone is 1. The highest BCUT2D eigenvalue weighted by Gasteiger charge is 2.24. The van der Waals surface area contributed by atoms with Crippen LogP contribution in [0.4, 0.5) is 0 Å². The van der Waals surface area contributed by atoms with E-state index in [9.17, 15) is 0 Å². The largest absolute Gasteiger partial charge is 0.373 e. The Labute approximate surface area is 85.2 Å². The summed E-state index contributed by atoms with van der Waals surface area (Å²) in [4.78, 5) is 0. The zero-order chi connectivity index (χ0) is 7.61. The van der Waals surface area contributed by atoms with Crippen LogP contribution in [0.15, 0.2) is 11.8 Å². The van der Waals surface area contributed by atoms with Gasteiger partial charge in [-0.1, -0.05) is 47.8 Å². The van der Waals surface area contributed by atoms with Gasteiger partial charge in [0.1, 0.15) is 0 Å². The summed E-state index contributed by atoms with van der Waals surface area (Å²) in [6.07, 6.45) is 2.07. The lowest BCUT2D eigenvalue weighted by Gasteiger charge is -2.23. The van der Waals surface area contributed by atoms with E-state index in [0.717, 1.165) is 18.9 Å². The molecule has 0 unspecified atom stereocenters. The van der Waals surface area contributed by atoms with Crippen molar-refractivity contribution in [3.8, 4) is 0 Å². The van der Waals surface area contributed by atoms with E-state index in [2.05, 4.69) is 64.5 Å². The number of rotatable bonds is 0. The van der Waals surface area contributed by atoms with E-state index in [1.54, 1.807) is 0 Å². The molecule has 0 saturated heterocycles. The van der Waals surface area contributed by atoms with Crippen molar-refractivity contribution in [3.05, 3.63) is 11.8 Å². The van der Waals surface area contributed by atoms with Gasteiger partial charge in [0.15, 0.2) is 2.14 Å². The third kappa shape index (κ3) is 2.53. The number of nitrogens with one attached hydrogen (secondary N) is 2. The Morgan fingerprint density at radius 3 is 2.40 bits per heavy atom. The Hall–Kier alpha value is 0.940. The van der Waals surface area contributed by atoms with Gasteiger partial charge in [-0.25, -0.2) is 0 Å². The molecule has 1 aliphatic heterocycles. The van der Waals surface area contributed by atoms with Crippen LogP contribution in [-0.4, -0.2) is 15.4 Å². The molecule has 1 aliphatic rings. The molecule has 1 rings (SSSR count). The molecule has 5 heteroatoms. The molecular weight excluding hydrogens is 328 g/mol. The molecule has 0 radical (unpaired) electrons. The monoisotopic (exact) mass is 332 g/mol. The van der Waals surface area contributed by atoms with Gasteiger partial charge in [0.2, 0.25) is 0 Å². The quantitative estimate of drug-likeness (QED) is 0.661. The molecule has 58 valence electrons. The molecule has 2 nitrogen and oxygen atoms in total. The van der Waals surface area contributed by atoms with Crippen molar-refractivity contribution in [1.29, 1.82) is 0 Å². The fourth-order valence-corrected chi connectivity index (χ4v) is 1.60. The summed E-state index contributed by atoms with van der Waals surface area (Å²) >= 11 is 10.2. The van der Waals surface area contributed by atoms with Crippen molar-refractivity contribution in [2.45, 2.75) is 2.14 Å². The molecule has 0 amide bonds. The first-order valence-corrected chi connectivity index (χ1v) is 5.20. The topological polar surface area (TPSA) is 24.1 Å². The van der Waals surface area contributed by atoms with Crippen LogP contribution in [0.3, 0.4) is 0 Å². The lowest BCUT2D eigenvalue weighted by molar-refractivity contribution is 0.636. The van der Waals surface area contributed by atoms with Gasteiger partial charge in [0.05, 0.1) is 6.67 Å². The highest BCUT2D eigenvalue weighted by Crippen LogP contribution is 2.39. The van der Waals surface area contributed by atoms with Crippen molar-refractivity contribution < 1.29 is 0 Å². The smallest absolute Gasteiger partial charge is 0.173 e. The van der Waals surface area contributed by atoms with Gasteiger partial charge >= 0.3 is 0 Å². The van der Waals surface area contributed by atoms with Crippen molar-refractivity contribution in [2.24, 2.45) is 0 Å². The third-order valence-electron chi connectivity index (χ3n) is 1.16. The van der Waals surface area contributed by atoms with E-state index in [4.69, 9.17) is 0 Å². The Morgan fingerprint density at radius 2 is 2.10 bits per heavy atom. The summed E-state index contributed by atoms with van der Waals surface area (Å²) in [6, 6.07) is 0. The molecule has 0 atom stereocenters. The zero-order valence-electron chi connectivity index (χ0n) is 5.13. The van der Waals surface area contributed by atoms with Gasteiger partial charge in [0.25, 0.3) is 0 Å². The van der Waals surface area contributed by atoms with Gasteiger partial charge < -0.3 is 5.32 Å². The maximum Gasteiger partial charge on any atom is 0.173 e. The molecule has 10 heavy (non-hydrogen) atoms. The molecule has 0 spiro atoms. The molecule has 0 bridgehead atoms. The minimum absolute atomic E-state index is 0.283. The second-order valence-electron chi connectivity index (χ2n) is 1.92. The number of alkyl halides is 3. The molecule has 0 aliphatic carbocycles. The molecule has 0 aromatic rings. The second kappa shape index (κ2) is 3.56. The van der Waals surface area contributed by atoms with Crippen LogP contribution in [0.2, 0.25) is 0 Å². The minimum Gasteiger partial charge on any atom is -0.373 e. The first-order valence-electron chi connectivity index (χ1n) is 2.82. The fourth-order valence-electron chi connectivity index (χ4n) is 0.692. The summed E-state index contributed by atoms with van der Waals surface area (Å²) in [5.74, 6) is 0. The standard InChI is InChI=1S/C5H7Br3N2/c6-5(7,8)4-1-2-9-3-10-4/h1,9-10H,2-3H2. The highest BCUT2D eigenvalue weighted by atomic mass is 80.0. The normalized spacial score (nSPS) is 19.7. The van der Waals surface area contributed by atoms with Crippen LogP contribution in [0.1, 0.15) is 0 Å². The molecule has 2 N–H and O–H groups in total.